The minimum Gasteiger partial charge on any atom is -0.339 e. The van der Waals surface area contributed by atoms with Crippen molar-refractivity contribution < 1.29 is 13.3 Å². The van der Waals surface area contributed by atoms with Crippen molar-refractivity contribution in [1.82, 2.24) is 0 Å². The maximum Gasteiger partial charge on any atom is 0.284 e. The number of halogens is 1. The van der Waals surface area contributed by atoms with E-state index < -0.39 is 14.9 Å². The van der Waals surface area contributed by atoms with Crippen molar-refractivity contribution in [2.24, 2.45) is 4.40 Å². The molecule has 0 radical (unpaired) electrons. The van der Waals surface area contributed by atoms with Gasteiger partial charge in [-0.2, -0.15) is 8.42 Å². The monoisotopic (exact) mass is 415 g/mol. The van der Waals surface area contributed by atoms with Crippen LogP contribution >= 0.6 is 11.6 Å². The zero-order chi connectivity index (χ0) is 20.1. The molecule has 1 N–H and O–H groups in total. The fraction of sp³-hybridized carbons (Fsp3) is 0. The molecule has 28 heavy (non-hydrogen) atoms. The van der Waals surface area contributed by atoms with Gasteiger partial charge in [-0.1, -0.05) is 41.9 Å². The van der Waals surface area contributed by atoms with Gasteiger partial charge in [0.15, 0.2) is 5.84 Å². The maximum absolute atomic E-state index is 12.7. The molecule has 0 saturated heterocycles. The molecule has 0 fully saturated rings. The minimum absolute atomic E-state index is 0.0372. The topological polar surface area (TPSA) is 102 Å². The van der Waals surface area contributed by atoms with Gasteiger partial charge >= 0.3 is 0 Å². The SMILES string of the molecule is O=[N+]([O-])c1cccc(/C(=N/S(=O)(=O)c2ccc(Cl)cc2)Nc2ccccc2)c1. The molecule has 0 aliphatic rings. The number of nitro benzene ring substituents is 1. The third-order valence-electron chi connectivity index (χ3n) is 3.69. The first-order valence-corrected chi connectivity index (χ1v) is 9.84. The van der Waals surface area contributed by atoms with Crippen molar-refractivity contribution >= 4 is 38.8 Å². The van der Waals surface area contributed by atoms with Crippen molar-refractivity contribution in [1.29, 1.82) is 0 Å². The third kappa shape index (κ3) is 4.73. The molecule has 9 heteroatoms. The van der Waals surface area contributed by atoms with Crippen LogP contribution in [0.5, 0.6) is 0 Å². The molecule has 7 nitrogen and oxygen atoms in total. The molecule has 0 aromatic heterocycles. The lowest BCUT2D eigenvalue weighted by atomic mass is 10.2. The average Bonchev–Trinajstić information content (AvgIpc) is 2.68. The smallest absolute Gasteiger partial charge is 0.284 e. The van der Waals surface area contributed by atoms with Crippen LogP contribution < -0.4 is 5.32 Å². The standard InChI is InChI=1S/C19H14ClN3O4S/c20-15-9-11-18(12-10-15)28(26,27)22-19(21-16-6-2-1-3-7-16)14-5-4-8-17(13-14)23(24)25/h1-13H,(H,21,22). The number of nitrogens with one attached hydrogen (secondary N) is 1. The molecule has 0 amide bonds. The number of para-hydroxylation sites is 1. The summed E-state index contributed by atoms with van der Waals surface area (Å²) in [7, 11) is -4.08. The van der Waals surface area contributed by atoms with Gasteiger partial charge in [-0.05, 0) is 36.4 Å². The highest BCUT2D eigenvalue weighted by Gasteiger charge is 2.17. The summed E-state index contributed by atoms with van der Waals surface area (Å²) >= 11 is 5.81. The number of rotatable bonds is 5. The summed E-state index contributed by atoms with van der Waals surface area (Å²) in [6.07, 6.45) is 0. The Morgan fingerprint density at radius 3 is 2.29 bits per heavy atom. The second-order valence-electron chi connectivity index (χ2n) is 5.67. The fourth-order valence-electron chi connectivity index (χ4n) is 2.35. The lowest BCUT2D eigenvalue weighted by Gasteiger charge is -2.11. The number of non-ortho nitro benzene ring substituents is 1. The van der Waals surface area contributed by atoms with Gasteiger partial charge in [0.2, 0.25) is 0 Å². The second-order valence-corrected chi connectivity index (χ2v) is 7.71. The van der Waals surface area contributed by atoms with Crippen molar-refractivity contribution in [2.45, 2.75) is 4.90 Å². The summed E-state index contributed by atoms with van der Waals surface area (Å²) in [6.45, 7) is 0. The summed E-state index contributed by atoms with van der Waals surface area (Å²) in [5.74, 6) is -0.0372. The molecule has 0 bridgehead atoms. The lowest BCUT2D eigenvalue weighted by Crippen LogP contribution is -2.16. The average molecular weight is 416 g/mol. The Morgan fingerprint density at radius 2 is 1.64 bits per heavy atom. The fourth-order valence-corrected chi connectivity index (χ4v) is 3.45. The first kappa shape index (κ1) is 19.5. The van der Waals surface area contributed by atoms with E-state index >= 15 is 0 Å². The van der Waals surface area contributed by atoms with Crippen LogP contribution in [-0.4, -0.2) is 19.2 Å². The van der Waals surface area contributed by atoms with Crippen LogP contribution in [0, 0.1) is 10.1 Å². The van der Waals surface area contributed by atoms with E-state index in [1.807, 2.05) is 0 Å². The normalized spacial score (nSPS) is 11.8. The number of nitrogens with zero attached hydrogens (tertiary/aromatic N) is 2. The highest BCUT2D eigenvalue weighted by atomic mass is 35.5. The minimum atomic E-state index is -4.08. The van der Waals surface area contributed by atoms with E-state index in [-0.39, 0.29) is 22.0 Å². The third-order valence-corrected chi connectivity index (χ3v) is 5.23. The van der Waals surface area contributed by atoms with E-state index in [0.717, 1.165) is 0 Å². The van der Waals surface area contributed by atoms with Crippen molar-refractivity contribution in [3.8, 4) is 0 Å². The number of hydrogen-bond acceptors (Lipinski definition) is 4. The molecule has 3 aromatic carbocycles. The number of sulfonamides is 1. The first-order chi connectivity index (χ1) is 13.3. The molecule has 0 heterocycles. The van der Waals surface area contributed by atoms with Gasteiger partial charge in [-0.25, -0.2) is 0 Å². The summed E-state index contributed by atoms with van der Waals surface area (Å²) in [5, 5.41) is 14.4. The predicted molar refractivity (Wildman–Crippen MR) is 108 cm³/mol. The number of benzene rings is 3. The van der Waals surface area contributed by atoms with E-state index in [1.165, 1.54) is 42.5 Å². The maximum atomic E-state index is 12.7. The van der Waals surface area contributed by atoms with Gasteiger partial charge in [0, 0.05) is 28.4 Å². The van der Waals surface area contributed by atoms with Crippen LogP contribution in [0.15, 0.2) is 88.2 Å². The van der Waals surface area contributed by atoms with Crippen molar-refractivity contribution in [2.75, 3.05) is 5.32 Å². The molecule has 0 unspecified atom stereocenters. The van der Waals surface area contributed by atoms with Crippen molar-refractivity contribution in [3.05, 3.63) is 99.6 Å². The van der Waals surface area contributed by atoms with Gasteiger partial charge in [0.25, 0.3) is 15.7 Å². The van der Waals surface area contributed by atoms with Gasteiger partial charge in [-0.15, -0.1) is 4.40 Å². The summed E-state index contributed by atoms with van der Waals surface area (Å²) in [4.78, 5) is 10.5. The molecule has 0 aliphatic heterocycles. The molecule has 0 atom stereocenters. The first-order valence-electron chi connectivity index (χ1n) is 8.02. The number of amidine groups is 1. The van der Waals surface area contributed by atoms with Crippen LogP contribution in [0.3, 0.4) is 0 Å². The molecule has 3 aromatic rings. The van der Waals surface area contributed by atoms with Gasteiger partial charge in [0.05, 0.1) is 9.82 Å². The van der Waals surface area contributed by atoms with E-state index in [9.17, 15) is 18.5 Å². The molecule has 0 saturated carbocycles. The van der Waals surface area contributed by atoms with Crippen LogP contribution in [-0.2, 0) is 10.0 Å². The Morgan fingerprint density at radius 1 is 0.964 bits per heavy atom. The quantitative estimate of drug-likeness (QED) is 0.286. The Labute approximate surface area is 166 Å². The van der Waals surface area contributed by atoms with E-state index in [1.54, 1.807) is 36.4 Å². The molecular weight excluding hydrogens is 402 g/mol. The number of nitro groups is 1. The number of hydrogen-bond donors (Lipinski definition) is 1. The van der Waals surface area contributed by atoms with E-state index in [2.05, 4.69) is 9.71 Å². The summed E-state index contributed by atoms with van der Waals surface area (Å²) < 4.78 is 29.3. The van der Waals surface area contributed by atoms with Gasteiger partial charge < -0.3 is 5.32 Å². The largest absolute Gasteiger partial charge is 0.339 e. The Bertz CT molecular complexity index is 1130. The van der Waals surface area contributed by atoms with Crippen LogP contribution in [0.2, 0.25) is 5.02 Å². The zero-order valence-corrected chi connectivity index (χ0v) is 15.9. The Kier molecular flexibility index (Phi) is 5.72. The van der Waals surface area contributed by atoms with Gasteiger partial charge in [-0.3, -0.25) is 10.1 Å². The molecule has 142 valence electrons. The summed E-state index contributed by atoms with van der Waals surface area (Å²) in [6, 6.07) is 19.9. The Balaban J connectivity index is 2.10. The number of anilines is 1. The van der Waals surface area contributed by atoms with Crippen LogP contribution in [0.1, 0.15) is 5.56 Å². The molecule has 0 aliphatic carbocycles. The lowest BCUT2D eigenvalue weighted by molar-refractivity contribution is -0.384. The summed E-state index contributed by atoms with van der Waals surface area (Å²) in [5.41, 5.74) is 0.665. The van der Waals surface area contributed by atoms with E-state index in [0.29, 0.717) is 10.7 Å². The zero-order valence-electron chi connectivity index (χ0n) is 14.3. The molecule has 0 spiro atoms. The highest BCUT2D eigenvalue weighted by Crippen LogP contribution is 2.20. The van der Waals surface area contributed by atoms with Crippen molar-refractivity contribution in [3.63, 3.8) is 0 Å². The molecule has 3 rings (SSSR count). The van der Waals surface area contributed by atoms with E-state index in [4.69, 9.17) is 11.6 Å². The van der Waals surface area contributed by atoms with Crippen LogP contribution in [0.25, 0.3) is 0 Å². The Hall–Kier alpha value is -3.23. The highest BCUT2D eigenvalue weighted by molar-refractivity contribution is 7.90. The van der Waals surface area contributed by atoms with Crippen LogP contribution in [0.4, 0.5) is 11.4 Å². The van der Waals surface area contributed by atoms with Gasteiger partial charge in [0.1, 0.15) is 0 Å². The predicted octanol–water partition coefficient (Wildman–Crippen LogP) is 4.50. The molecular formula is C19H14ClN3O4S. The second kappa shape index (κ2) is 8.20.